The van der Waals surface area contributed by atoms with E-state index in [1.807, 2.05) is 16.7 Å². The molecule has 3 rings (SSSR count). The van der Waals surface area contributed by atoms with E-state index in [1.165, 1.54) is 5.56 Å². The Kier molecular flexibility index (Phi) is 4.73. The summed E-state index contributed by atoms with van der Waals surface area (Å²) in [4.78, 5) is 30.5. The fourth-order valence-corrected chi connectivity index (χ4v) is 4.54. The first-order chi connectivity index (χ1) is 11.0. The average molecular weight is 335 g/mol. The Balaban J connectivity index is 1.80. The summed E-state index contributed by atoms with van der Waals surface area (Å²) in [5.74, 6) is 0.345. The highest BCUT2D eigenvalue weighted by Crippen LogP contribution is 2.35. The molecule has 5 nitrogen and oxygen atoms in total. The molecule has 0 aromatic carbocycles. The van der Waals surface area contributed by atoms with Crippen LogP contribution in [0.15, 0.2) is 16.8 Å². The Morgan fingerprint density at radius 1 is 1.30 bits per heavy atom. The molecule has 2 fully saturated rings. The summed E-state index contributed by atoms with van der Waals surface area (Å²) in [5, 5.41) is 4.28. The smallest absolute Gasteiger partial charge is 0.223 e. The highest BCUT2D eigenvalue weighted by molar-refractivity contribution is 7.07. The topological polar surface area (TPSA) is 43.9 Å². The number of amides is 2. The summed E-state index contributed by atoms with van der Waals surface area (Å²) >= 11 is 1.71. The zero-order valence-corrected chi connectivity index (χ0v) is 14.8. The SMILES string of the molecule is CCN1C[C@]2(CC1=O)CN(Cc1ccsc1)CCN(C(C)=O)C2. The molecule has 0 unspecified atom stereocenters. The van der Waals surface area contributed by atoms with Crippen molar-refractivity contribution in [3.05, 3.63) is 22.4 Å². The van der Waals surface area contributed by atoms with Crippen molar-refractivity contribution in [2.24, 2.45) is 5.41 Å². The van der Waals surface area contributed by atoms with Crippen LogP contribution in [0.1, 0.15) is 25.8 Å². The maximum absolute atomic E-state index is 12.3. The van der Waals surface area contributed by atoms with E-state index in [0.29, 0.717) is 13.0 Å². The highest BCUT2D eigenvalue weighted by atomic mass is 32.1. The lowest BCUT2D eigenvalue weighted by Crippen LogP contribution is -2.43. The van der Waals surface area contributed by atoms with E-state index in [-0.39, 0.29) is 17.2 Å². The second-order valence-corrected chi connectivity index (χ2v) is 7.65. The lowest BCUT2D eigenvalue weighted by atomic mass is 9.86. The number of carbonyl (C=O) groups excluding carboxylic acids is 2. The van der Waals surface area contributed by atoms with Crippen molar-refractivity contribution in [1.82, 2.24) is 14.7 Å². The van der Waals surface area contributed by atoms with Gasteiger partial charge in [0.1, 0.15) is 0 Å². The number of hydrogen-bond acceptors (Lipinski definition) is 4. The van der Waals surface area contributed by atoms with Crippen LogP contribution in [0.3, 0.4) is 0 Å². The maximum Gasteiger partial charge on any atom is 0.223 e. The number of likely N-dealkylation sites (tertiary alicyclic amines) is 1. The Labute approximate surface area is 141 Å². The van der Waals surface area contributed by atoms with Gasteiger partial charge in [0.05, 0.1) is 0 Å². The fraction of sp³-hybridized carbons (Fsp3) is 0.647. The first-order valence-corrected chi connectivity index (χ1v) is 9.22. The molecule has 2 aliphatic rings. The van der Waals surface area contributed by atoms with E-state index < -0.39 is 0 Å². The summed E-state index contributed by atoms with van der Waals surface area (Å²) in [6.07, 6.45) is 0.560. The van der Waals surface area contributed by atoms with Crippen molar-refractivity contribution < 1.29 is 9.59 Å². The molecular weight excluding hydrogens is 310 g/mol. The molecule has 1 atom stereocenters. The van der Waals surface area contributed by atoms with Gasteiger partial charge in [-0.15, -0.1) is 0 Å². The molecule has 1 aromatic rings. The van der Waals surface area contributed by atoms with Gasteiger partial charge in [-0.25, -0.2) is 0 Å². The van der Waals surface area contributed by atoms with Crippen molar-refractivity contribution in [3.8, 4) is 0 Å². The van der Waals surface area contributed by atoms with Crippen LogP contribution < -0.4 is 0 Å². The number of rotatable bonds is 3. The van der Waals surface area contributed by atoms with Crippen molar-refractivity contribution >= 4 is 23.2 Å². The average Bonchev–Trinajstić information content (AvgIpc) is 3.06. The molecule has 0 N–H and O–H groups in total. The minimum atomic E-state index is -0.120. The van der Waals surface area contributed by atoms with Crippen LogP contribution in [-0.4, -0.2) is 65.8 Å². The van der Waals surface area contributed by atoms with Crippen molar-refractivity contribution in [2.75, 3.05) is 39.3 Å². The Morgan fingerprint density at radius 3 is 2.74 bits per heavy atom. The molecule has 0 radical (unpaired) electrons. The van der Waals surface area contributed by atoms with Gasteiger partial charge in [0, 0.05) is 64.6 Å². The molecule has 1 spiro atoms. The van der Waals surface area contributed by atoms with E-state index in [4.69, 9.17) is 0 Å². The third kappa shape index (κ3) is 3.58. The van der Waals surface area contributed by atoms with Gasteiger partial charge in [-0.1, -0.05) is 0 Å². The zero-order valence-electron chi connectivity index (χ0n) is 14.0. The largest absolute Gasteiger partial charge is 0.342 e. The number of carbonyl (C=O) groups is 2. The Morgan fingerprint density at radius 2 is 2.13 bits per heavy atom. The van der Waals surface area contributed by atoms with Crippen LogP contribution in [0.4, 0.5) is 0 Å². The van der Waals surface area contributed by atoms with Gasteiger partial charge in [0.15, 0.2) is 0 Å². The van der Waals surface area contributed by atoms with Gasteiger partial charge in [-0.05, 0) is 29.3 Å². The molecular formula is C17H25N3O2S. The van der Waals surface area contributed by atoms with E-state index in [9.17, 15) is 9.59 Å². The minimum absolute atomic E-state index is 0.115. The zero-order chi connectivity index (χ0) is 16.4. The normalized spacial score (nSPS) is 26.1. The standard InChI is InChI=1S/C17H25N3O2S/c1-3-19-12-17(8-16(19)22)11-18(9-15-4-7-23-10-15)5-6-20(13-17)14(2)21/h4,7,10H,3,5-6,8-9,11-13H2,1-2H3/t17-/m0/s1. The predicted octanol–water partition coefficient (Wildman–Crippen LogP) is 1.65. The third-order valence-corrected chi connectivity index (χ3v) is 5.72. The van der Waals surface area contributed by atoms with Gasteiger partial charge in [-0.3, -0.25) is 14.5 Å². The maximum atomic E-state index is 12.3. The van der Waals surface area contributed by atoms with Gasteiger partial charge >= 0.3 is 0 Å². The molecule has 6 heteroatoms. The Bertz CT molecular complexity index is 574. The quantitative estimate of drug-likeness (QED) is 0.844. The molecule has 126 valence electrons. The fourth-order valence-electron chi connectivity index (χ4n) is 3.88. The molecule has 3 heterocycles. The Hall–Kier alpha value is -1.40. The second-order valence-electron chi connectivity index (χ2n) is 6.87. The first-order valence-electron chi connectivity index (χ1n) is 8.28. The predicted molar refractivity (Wildman–Crippen MR) is 91.2 cm³/mol. The van der Waals surface area contributed by atoms with Gasteiger partial charge in [-0.2, -0.15) is 11.3 Å². The minimum Gasteiger partial charge on any atom is -0.342 e. The molecule has 0 saturated carbocycles. The van der Waals surface area contributed by atoms with Gasteiger partial charge in [0.2, 0.25) is 11.8 Å². The van der Waals surface area contributed by atoms with E-state index in [1.54, 1.807) is 18.3 Å². The summed E-state index contributed by atoms with van der Waals surface area (Å²) < 4.78 is 0. The van der Waals surface area contributed by atoms with Gasteiger partial charge in [0.25, 0.3) is 0 Å². The third-order valence-electron chi connectivity index (χ3n) is 4.99. The molecule has 2 amide bonds. The summed E-state index contributed by atoms with van der Waals surface area (Å²) in [6, 6.07) is 2.16. The number of hydrogen-bond donors (Lipinski definition) is 0. The van der Waals surface area contributed by atoms with E-state index in [0.717, 1.165) is 39.3 Å². The van der Waals surface area contributed by atoms with E-state index in [2.05, 4.69) is 21.7 Å². The summed E-state index contributed by atoms with van der Waals surface area (Å²) in [7, 11) is 0. The molecule has 0 bridgehead atoms. The number of nitrogens with zero attached hydrogens (tertiary/aromatic N) is 3. The molecule has 2 aliphatic heterocycles. The van der Waals surface area contributed by atoms with E-state index >= 15 is 0 Å². The van der Waals surface area contributed by atoms with Crippen LogP contribution in [0.5, 0.6) is 0 Å². The van der Waals surface area contributed by atoms with Crippen LogP contribution in [-0.2, 0) is 16.1 Å². The lowest BCUT2D eigenvalue weighted by molar-refractivity contribution is -0.130. The monoisotopic (exact) mass is 335 g/mol. The summed E-state index contributed by atoms with van der Waals surface area (Å²) in [5.41, 5.74) is 1.20. The van der Waals surface area contributed by atoms with Crippen molar-refractivity contribution in [1.29, 1.82) is 0 Å². The van der Waals surface area contributed by atoms with Crippen molar-refractivity contribution in [3.63, 3.8) is 0 Å². The highest BCUT2D eigenvalue weighted by Gasteiger charge is 2.46. The molecule has 2 saturated heterocycles. The van der Waals surface area contributed by atoms with Gasteiger partial charge < -0.3 is 9.80 Å². The summed E-state index contributed by atoms with van der Waals surface area (Å²) in [6.45, 7) is 9.30. The molecule has 1 aromatic heterocycles. The first kappa shape index (κ1) is 16.5. The van der Waals surface area contributed by atoms with Crippen LogP contribution >= 0.6 is 11.3 Å². The molecule has 23 heavy (non-hydrogen) atoms. The molecule has 0 aliphatic carbocycles. The van der Waals surface area contributed by atoms with Crippen LogP contribution in [0.25, 0.3) is 0 Å². The van der Waals surface area contributed by atoms with Crippen LogP contribution in [0.2, 0.25) is 0 Å². The van der Waals surface area contributed by atoms with Crippen molar-refractivity contribution in [2.45, 2.75) is 26.8 Å². The second kappa shape index (κ2) is 6.61. The lowest BCUT2D eigenvalue weighted by Gasteiger charge is -2.33. The van der Waals surface area contributed by atoms with Crippen LogP contribution in [0, 0.1) is 5.41 Å². The number of thiophene rings is 1.